The topological polar surface area (TPSA) is 70.1 Å². The SMILES string of the molecule is COCCN1C(=O)c2ccccc2C(C(=O)NCCCN2CCN(c3ccc(F)cc3)CC2)C1c1cn(C)c2ccccc12. The van der Waals surface area contributed by atoms with Gasteiger partial charge in [-0.3, -0.25) is 14.5 Å². The van der Waals surface area contributed by atoms with Gasteiger partial charge in [-0.2, -0.15) is 0 Å². The van der Waals surface area contributed by atoms with Gasteiger partial charge in [-0.25, -0.2) is 4.39 Å². The van der Waals surface area contributed by atoms with Crippen molar-refractivity contribution in [1.82, 2.24) is 19.7 Å². The second-order valence-corrected chi connectivity index (χ2v) is 11.7. The van der Waals surface area contributed by atoms with E-state index in [1.165, 1.54) is 12.1 Å². The van der Waals surface area contributed by atoms with Gasteiger partial charge in [-0.15, -0.1) is 0 Å². The Hall–Kier alpha value is -4.21. The summed E-state index contributed by atoms with van der Waals surface area (Å²) in [5, 5.41) is 4.27. The molecule has 1 aromatic heterocycles. The molecule has 2 aliphatic rings. The van der Waals surface area contributed by atoms with E-state index in [0.717, 1.165) is 66.9 Å². The molecular weight excluding hydrogens is 557 g/mol. The van der Waals surface area contributed by atoms with Crippen LogP contribution in [0.25, 0.3) is 10.9 Å². The van der Waals surface area contributed by atoms with Crippen LogP contribution in [0.5, 0.6) is 0 Å². The Morgan fingerprint density at radius 2 is 1.66 bits per heavy atom. The third-order valence-electron chi connectivity index (χ3n) is 9.02. The molecule has 6 rings (SSSR count). The summed E-state index contributed by atoms with van der Waals surface area (Å²) < 4.78 is 20.8. The lowest BCUT2D eigenvalue weighted by atomic mass is 9.79. The molecule has 0 bridgehead atoms. The summed E-state index contributed by atoms with van der Waals surface area (Å²) >= 11 is 0. The minimum Gasteiger partial charge on any atom is -0.383 e. The Balaban J connectivity index is 1.18. The van der Waals surface area contributed by atoms with Gasteiger partial charge in [-0.1, -0.05) is 36.4 Å². The van der Waals surface area contributed by atoms with Crippen LogP contribution in [0, 0.1) is 5.82 Å². The van der Waals surface area contributed by atoms with Crippen LogP contribution in [-0.4, -0.2) is 85.7 Å². The van der Waals surface area contributed by atoms with E-state index in [9.17, 15) is 14.0 Å². The van der Waals surface area contributed by atoms with Gasteiger partial charge in [0.15, 0.2) is 0 Å². The Morgan fingerprint density at radius 3 is 2.43 bits per heavy atom. The summed E-state index contributed by atoms with van der Waals surface area (Å²) in [5.74, 6) is -0.944. The lowest BCUT2D eigenvalue weighted by Crippen LogP contribution is -2.49. The highest BCUT2D eigenvalue weighted by molar-refractivity contribution is 6.02. The summed E-state index contributed by atoms with van der Waals surface area (Å²) in [7, 11) is 3.63. The van der Waals surface area contributed by atoms with Crippen LogP contribution >= 0.6 is 0 Å². The molecule has 4 aromatic rings. The average molecular weight is 598 g/mol. The first-order chi connectivity index (χ1) is 21.5. The van der Waals surface area contributed by atoms with Crippen molar-refractivity contribution < 1.29 is 18.7 Å². The van der Waals surface area contributed by atoms with Crippen molar-refractivity contribution in [1.29, 1.82) is 0 Å². The monoisotopic (exact) mass is 597 g/mol. The molecule has 2 atom stereocenters. The largest absolute Gasteiger partial charge is 0.383 e. The van der Waals surface area contributed by atoms with Crippen molar-refractivity contribution in [3.63, 3.8) is 0 Å². The van der Waals surface area contributed by atoms with Crippen LogP contribution in [0.4, 0.5) is 10.1 Å². The van der Waals surface area contributed by atoms with Gasteiger partial charge < -0.3 is 24.4 Å². The molecule has 1 saturated heterocycles. The number of carbonyl (C=O) groups is 2. The molecule has 0 spiro atoms. The molecule has 230 valence electrons. The van der Waals surface area contributed by atoms with E-state index in [-0.39, 0.29) is 17.6 Å². The number of fused-ring (bicyclic) bond motifs is 2. The number of nitrogens with one attached hydrogen (secondary N) is 1. The average Bonchev–Trinajstić information content (AvgIpc) is 3.39. The van der Waals surface area contributed by atoms with Crippen LogP contribution in [-0.2, 0) is 16.6 Å². The lowest BCUT2D eigenvalue weighted by molar-refractivity contribution is -0.124. The smallest absolute Gasteiger partial charge is 0.254 e. The fourth-order valence-corrected chi connectivity index (χ4v) is 6.77. The van der Waals surface area contributed by atoms with Crippen molar-refractivity contribution >= 4 is 28.4 Å². The minimum atomic E-state index is -0.564. The first kappa shape index (κ1) is 29.8. The molecular formula is C35H40FN5O3. The minimum absolute atomic E-state index is 0.0774. The number of hydrogen-bond donors (Lipinski definition) is 1. The van der Waals surface area contributed by atoms with Crippen LogP contribution < -0.4 is 10.2 Å². The Bertz CT molecular complexity index is 1610. The molecule has 9 heteroatoms. The van der Waals surface area contributed by atoms with Crippen molar-refractivity contribution in [3.8, 4) is 0 Å². The zero-order valence-electron chi connectivity index (χ0n) is 25.4. The van der Waals surface area contributed by atoms with E-state index < -0.39 is 12.0 Å². The number of rotatable bonds is 10. The van der Waals surface area contributed by atoms with Gasteiger partial charge in [0, 0.05) is 87.3 Å². The maximum absolute atomic E-state index is 14.2. The summed E-state index contributed by atoms with van der Waals surface area (Å²) in [6.45, 7) is 5.78. The number of benzene rings is 3. The number of methoxy groups -OCH3 is 1. The molecule has 1 fully saturated rings. The van der Waals surface area contributed by atoms with E-state index in [1.807, 2.05) is 60.5 Å². The van der Waals surface area contributed by atoms with E-state index in [2.05, 4.69) is 38.0 Å². The molecule has 3 heterocycles. The van der Waals surface area contributed by atoms with Crippen LogP contribution in [0.2, 0.25) is 0 Å². The third-order valence-corrected chi connectivity index (χ3v) is 9.02. The molecule has 3 aromatic carbocycles. The van der Waals surface area contributed by atoms with Gasteiger partial charge in [0.2, 0.25) is 5.91 Å². The standard InChI is InChI=1S/C35H40FN5O3/c1-38-24-30(27-8-5-6-11-31(27)38)33-32(28-9-3-4-10-29(28)35(43)41(33)22-23-44-2)34(42)37-16-7-17-39-18-20-40(21-19-39)26-14-12-25(36)13-15-26/h3-6,8-15,24,32-33H,7,16-23H2,1-2H3,(H,37,42). The van der Waals surface area contributed by atoms with E-state index >= 15 is 0 Å². The molecule has 44 heavy (non-hydrogen) atoms. The zero-order valence-corrected chi connectivity index (χ0v) is 25.4. The van der Waals surface area contributed by atoms with Crippen LogP contribution in [0.3, 0.4) is 0 Å². The fourth-order valence-electron chi connectivity index (χ4n) is 6.77. The number of aryl methyl sites for hydroxylation is 1. The highest BCUT2D eigenvalue weighted by Gasteiger charge is 2.44. The summed E-state index contributed by atoms with van der Waals surface area (Å²) in [6, 6.07) is 21.8. The highest BCUT2D eigenvalue weighted by atomic mass is 19.1. The number of carbonyl (C=O) groups excluding carboxylic acids is 2. The van der Waals surface area contributed by atoms with E-state index in [1.54, 1.807) is 7.11 Å². The summed E-state index contributed by atoms with van der Waals surface area (Å²) in [6.07, 6.45) is 2.88. The van der Waals surface area contributed by atoms with Gasteiger partial charge in [-0.05, 0) is 54.9 Å². The number of hydrogen-bond acceptors (Lipinski definition) is 5. The molecule has 8 nitrogen and oxygen atoms in total. The first-order valence-electron chi connectivity index (χ1n) is 15.4. The molecule has 0 aliphatic carbocycles. The van der Waals surface area contributed by atoms with Crippen molar-refractivity contribution in [2.24, 2.45) is 7.05 Å². The molecule has 0 saturated carbocycles. The number of piperazine rings is 1. The second-order valence-electron chi connectivity index (χ2n) is 11.7. The normalized spacial score (nSPS) is 18.9. The second kappa shape index (κ2) is 13.2. The zero-order chi connectivity index (χ0) is 30.6. The lowest BCUT2D eigenvalue weighted by Gasteiger charge is -2.41. The van der Waals surface area contributed by atoms with Gasteiger partial charge in [0.05, 0.1) is 18.6 Å². The molecule has 1 N–H and O–H groups in total. The maximum atomic E-state index is 14.2. The van der Waals surface area contributed by atoms with Crippen LogP contribution in [0.1, 0.15) is 39.9 Å². The fraction of sp³-hybridized carbons (Fsp3) is 0.371. The number of aromatic nitrogens is 1. The Kier molecular flexibility index (Phi) is 8.95. The predicted octanol–water partition coefficient (Wildman–Crippen LogP) is 4.57. The van der Waals surface area contributed by atoms with Crippen molar-refractivity contribution in [2.45, 2.75) is 18.4 Å². The van der Waals surface area contributed by atoms with E-state index in [0.29, 0.717) is 25.3 Å². The number of halogens is 1. The number of ether oxygens (including phenoxy) is 1. The molecule has 0 radical (unpaired) electrons. The molecule has 2 aliphatic heterocycles. The third kappa shape index (κ3) is 5.94. The van der Waals surface area contributed by atoms with Crippen LogP contribution in [0.15, 0.2) is 79.0 Å². The number of nitrogens with zero attached hydrogens (tertiary/aromatic N) is 4. The Morgan fingerprint density at radius 1 is 0.932 bits per heavy atom. The predicted molar refractivity (Wildman–Crippen MR) is 170 cm³/mol. The Labute approximate surface area is 258 Å². The van der Waals surface area contributed by atoms with Crippen molar-refractivity contribution in [2.75, 3.05) is 64.4 Å². The highest BCUT2D eigenvalue weighted by Crippen LogP contribution is 2.45. The quantitative estimate of drug-likeness (QED) is 0.271. The van der Waals surface area contributed by atoms with Gasteiger partial charge >= 0.3 is 0 Å². The maximum Gasteiger partial charge on any atom is 0.254 e. The summed E-state index contributed by atoms with van der Waals surface area (Å²) in [4.78, 5) is 34.5. The number of amides is 2. The molecule has 2 unspecified atom stereocenters. The van der Waals surface area contributed by atoms with Gasteiger partial charge in [0.25, 0.3) is 5.91 Å². The number of para-hydroxylation sites is 1. The number of anilines is 1. The first-order valence-corrected chi connectivity index (χ1v) is 15.4. The van der Waals surface area contributed by atoms with Gasteiger partial charge in [0.1, 0.15) is 5.82 Å². The summed E-state index contributed by atoms with van der Waals surface area (Å²) in [5.41, 5.74) is 4.39. The van der Waals surface area contributed by atoms with E-state index in [4.69, 9.17) is 4.74 Å². The molecule has 2 amide bonds. The van der Waals surface area contributed by atoms with Crippen molar-refractivity contribution in [3.05, 3.63) is 102 Å².